The maximum Gasteiger partial charge on any atom is 0.0486 e. The minimum absolute atomic E-state index is 0.482. The minimum Gasteiger partial charge on any atom is -0.342 e. The van der Waals surface area contributed by atoms with Gasteiger partial charge < -0.3 is 4.57 Å². The highest BCUT2D eigenvalue weighted by atomic mass is 35.5. The van der Waals surface area contributed by atoms with Gasteiger partial charge in [-0.2, -0.15) is 0 Å². The van der Waals surface area contributed by atoms with Gasteiger partial charge in [0.15, 0.2) is 0 Å². The van der Waals surface area contributed by atoms with Crippen LogP contribution >= 0.6 is 11.6 Å². The number of nitrogens with zero attached hydrogens (tertiary/aromatic N) is 1. The first-order valence-corrected chi connectivity index (χ1v) is 6.19. The fourth-order valence-corrected chi connectivity index (χ4v) is 2.43. The summed E-state index contributed by atoms with van der Waals surface area (Å²) in [6, 6.07) is 8.86. The minimum atomic E-state index is 0.482. The van der Waals surface area contributed by atoms with Crippen LogP contribution in [0.25, 0.3) is 10.9 Å². The first kappa shape index (κ1) is 11.5. The van der Waals surface area contributed by atoms with Crippen molar-refractivity contribution in [1.29, 1.82) is 0 Å². The van der Waals surface area contributed by atoms with Gasteiger partial charge in [0, 0.05) is 27.7 Å². The molecule has 1 aromatic carbocycles. The first-order valence-electron chi connectivity index (χ1n) is 5.81. The second-order valence-electron chi connectivity index (χ2n) is 4.89. The number of rotatable bonds is 2. The molecule has 0 atom stereocenters. The molecule has 0 aliphatic carbocycles. The van der Waals surface area contributed by atoms with Crippen molar-refractivity contribution < 1.29 is 0 Å². The molecule has 0 amide bonds. The summed E-state index contributed by atoms with van der Waals surface area (Å²) in [7, 11) is 0. The van der Waals surface area contributed by atoms with E-state index in [-0.39, 0.29) is 0 Å². The lowest BCUT2D eigenvalue weighted by Gasteiger charge is -2.16. The van der Waals surface area contributed by atoms with E-state index >= 15 is 0 Å². The van der Waals surface area contributed by atoms with Crippen molar-refractivity contribution >= 4 is 22.5 Å². The van der Waals surface area contributed by atoms with Gasteiger partial charge in [-0.3, -0.25) is 0 Å². The van der Waals surface area contributed by atoms with Crippen molar-refractivity contribution in [1.82, 2.24) is 4.57 Å². The number of fused-ring (bicyclic) bond motifs is 1. The smallest absolute Gasteiger partial charge is 0.0486 e. The standard InChI is InChI=1S/C14H18ClN/c1-9(2)14-8-11-7-12(15)5-6-13(11)16(14)10(3)4/h5-10H,1-4H3. The summed E-state index contributed by atoms with van der Waals surface area (Å²) in [6.07, 6.45) is 0. The van der Waals surface area contributed by atoms with Crippen LogP contribution in [-0.4, -0.2) is 4.57 Å². The normalized spacial score (nSPS) is 11.9. The van der Waals surface area contributed by atoms with Crippen LogP contribution in [0.1, 0.15) is 45.3 Å². The highest BCUT2D eigenvalue weighted by molar-refractivity contribution is 6.31. The molecule has 2 heteroatoms. The van der Waals surface area contributed by atoms with Crippen molar-refractivity contribution in [3.63, 3.8) is 0 Å². The van der Waals surface area contributed by atoms with Gasteiger partial charge in [0.2, 0.25) is 0 Å². The van der Waals surface area contributed by atoms with Crippen LogP contribution in [0.4, 0.5) is 0 Å². The summed E-state index contributed by atoms with van der Waals surface area (Å²) < 4.78 is 2.40. The van der Waals surface area contributed by atoms with E-state index in [1.54, 1.807) is 0 Å². The topological polar surface area (TPSA) is 4.93 Å². The second kappa shape index (κ2) is 4.14. The second-order valence-corrected chi connectivity index (χ2v) is 5.33. The van der Waals surface area contributed by atoms with Crippen LogP contribution < -0.4 is 0 Å². The fourth-order valence-electron chi connectivity index (χ4n) is 2.25. The lowest BCUT2D eigenvalue weighted by atomic mass is 10.1. The maximum absolute atomic E-state index is 6.03. The molecule has 1 nitrogen and oxygen atoms in total. The molecule has 16 heavy (non-hydrogen) atoms. The summed E-state index contributed by atoms with van der Waals surface area (Å²) in [5.41, 5.74) is 2.66. The molecule has 0 saturated carbocycles. The summed E-state index contributed by atoms with van der Waals surface area (Å²) in [6.45, 7) is 8.91. The van der Waals surface area contributed by atoms with Gasteiger partial charge >= 0.3 is 0 Å². The van der Waals surface area contributed by atoms with Crippen molar-refractivity contribution in [3.05, 3.63) is 35.0 Å². The monoisotopic (exact) mass is 235 g/mol. The Hall–Kier alpha value is -0.950. The Morgan fingerprint density at radius 2 is 1.75 bits per heavy atom. The van der Waals surface area contributed by atoms with Gasteiger partial charge in [-0.25, -0.2) is 0 Å². The van der Waals surface area contributed by atoms with E-state index in [1.165, 1.54) is 16.6 Å². The molecule has 1 heterocycles. The predicted octanol–water partition coefficient (Wildman–Crippen LogP) is 5.00. The molecule has 2 rings (SSSR count). The van der Waals surface area contributed by atoms with E-state index in [4.69, 9.17) is 11.6 Å². The Labute approximate surface area is 102 Å². The van der Waals surface area contributed by atoms with E-state index in [0.717, 1.165) is 5.02 Å². The molecule has 0 aliphatic rings. The molecular weight excluding hydrogens is 218 g/mol. The number of hydrogen-bond donors (Lipinski definition) is 0. The molecule has 0 saturated heterocycles. The molecule has 0 spiro atoms. The van der Waals surface area contributed by atoms with Gasteiger partial charge in [-0.15, -0.1) is 0 Å². The molecule has 0 bridgehead atoms. The average Bonchev–Trinajstić information content (AvgIpc) is 2.55. The maximum atomic E-state index is 6.03. The van der Waals surface area contributed by atoms with Crippen molar-refractivity contribution in [3.8, 4) is 0 Å². The molecule has 0 fully saturated rings. The Kier molecular flexibility index (Phi) is 2.98. The lowest BCUT2D eigenvalue weighted by molar-refractivity contribution is 0.577. The Morgan fingerprint density at radius 3 is 2.31 bits per heavy atom. The third-order valence-electron chi connectivity index (χ3n) is 2.94. The Balaban J connectivity index is 2.75. The summed E-state index contributed by atoms with van der Waals surface area (Å²) in [5, 5.41) is 2.05. The van der Waals surface area contributed by atoms with Crippen LogP contribution in [0.5, 0.6) is 0 Å². The summed E-state index contributed by atoms with van der Waals surface area (Å²) in [4.78, 5) is 0. The molecular formula is C14H18ClN. The molecule has 0 aliphatic heterocycles. The quantitative estimate of drug-likeness (QED) is 0.691. The molecule has 2 aromatic rings. The van der Waals surface area contributed by atoms with E-state index in [1.807, 2.05) is 12.1 Å². The number of halogens is 1. The third-order valence-corrected chi connectivity index (χ3v) is 3.17. The van der Waals surface area contributed by atoms with E-state index in [0.29, 0.717) is 12.0 Å². The SMILES string of the molecule is CC(C)c1cc2cc(Cl)ccc2n1C(C)C. The zero-order valence-electron chi connectivity index (χ0n) is 10.3. The zero-order valence-corrected chi connectivity index (χ0v) is 11.0. The number of benzene rings is 1. The molecule has 86 valence electrons. The summed E-state index contributed by atoms with van der Waals surface area (Å²) in [5.74, 6) is 0.536. The van der Waals surface area contributed by atoms with E-state index < -0.39 is 0 Å². The largest absolute Gasteiger partial charge is 0.342 e. The van der Waals surface area contributed by atoms with Gasteiger partial charge in [-0.05, 0) is 44.0 Å². The Bertz CT molecular complexity index is 509. The van der Waals surface area contributed by atoms with Gasteiger partial charge in [0.1, 0.15) is 0 Å². The van der Waals surface area contributed by atoms with Crippen LogP contribution in [0, 0.1) is 0 Å². The number of hydrogen-bond acceptors (Lipinski definition) is 0. The average molecular weight is 236 g/mol. The number of aromatic nitrogens is 1. The van der Waals surface area contributed by atoms with Gasteiger partial charge in [0.05, 0.1) is 0 Å². The molecule has 1 aromatic heterocycles. The summed E-state index contributed by atoms with van der Waals surface area (Å²) >= 11 is 6.03. The predicted molar refractivity (Wildman–Crippen MR) is 71.4 cm³/mol. The van der Waals surface area contributed by atoms with Crippen LogP contribution in [0.15, 0.2) is 24.3 Å². The highest BCUT2D eigenvalue weighted by Gasteiger charge is 2.13. The lowest BCUT2D eigenvalue weighted by Crippen LogP contribution is -2.06. The molecule has 0 unspecified atom stereocenters. The van der Waals surface area contributed by atoms with Crippen LogP contribution in [-0.2, 0) is 0 Å². The van der Waals surface area contributed by atoms with Gasteiger partial charge in [-0.1, -0.05) is 25.4 Å². The van der Waals surface area contributed by atoms with Gasteiger partial charge in [0.25, 0.3) is 0 Å². The zero-order chi connectivity index (χ0) is 11.9. The molecule has 0 N–H and O–H groups in total. The van der Waals surface area contributed by atoms with E-state index in [2.05, 4.69) is 44.4 Å². The first-order chi connectivity index (χ1) is 7.50. The van der Waals surface area contributed by atoms with E-state index in [9.17, 15) is 0 Å². The van der Waals surface area contributed by atoms with Crippen LogP contribution in [0.2, 0.25) is 5.02 Å². The molecule has 0 radical (unpaired) electrons. The van der Waals surface area contributed by atoms with Crippen molar-refractivity contribution in [2.45, 2.75) is 39.7 Å². The van der Waals surface area contributed by atoms with Crippen LogP contribution in [0.3, 0.4) is 0 Å². The Morgan fingerprint density at radius 1 is 1.06 bits per heavy atom. The van der Waals surface area contributed by atoms with Crippen molar-refractivity contribution in [2.75, 3.05) is 0 Å². The van der Waals surface area contributed by atoms with Crippen molar-refractivity contribution in [2.24, 2.45) is 0 Å². The third kappa shape index (κ3) is 1.84. The highest BCUT2D eigenvalue weighted by Crippen LogP contribution is 2.30. The fraction of sp³-hybridized carbons (Fsp3) is 0.429.